The molecule has 1 aromatic carbocycles. The highest BCUT2D eigenvalue weighted by molar-refractivity contribution is 5.77. The van der Waals surface area contributed by atoms with Crippen LogP contribution in [-0.2, 0) is 0 Å². The standard InChI is InChI=1S/C11H10N4O/c1-7-13-4-5-15(7)11-14-9-3-2-8(12)6-10(9)16-11/h2-6H,12H2,1H3. The number of nitrogens with two attached hydrogens (primary N) is 1. The molecule has 0 amide bonds. The number of benzene rings is 1. The fourth-order valence-corrected chi connectivity index (χ4v) is 1.61. The van der Waals surface area contributed by atoms with Crippen molar-refractivity contribution in [3.05, 3.63) is 36.4 Å². The van der Waals surface area contributed by atoms with Crippen LogP contribution in [0.5, 0.6) is 0 Å². The van der Waals surface area contributed by atoms with E-state index in [0.29, 0.717) is 17.3 Å². The van der Waals surface area contributed by atoms with E-state index in [0.717, 1.165) is 11.3 Å². The van der Waals surface area contributed by atoms with Crippen molar-refractivity contribution in [2.75, 3.05) is 5.73 Å². The van der Waals surface area contributed by atoms with Crippen LogP contribution in [0, 0.1) is 6.92 Å². The monoisotopic (exact) mass is 214 g/mol. The lowest BCUT2D eigenvalue weighted by molar-refractivity contribution is 0.559. The Bertz CT molecular complexity index is 653. The number of rotatable bonds is 1. The van der Waals surface area contributed by atoms with E-state index in [-0.39, 0.29) is 0 Å². The molecule has 5 heteroatoms. The van der Waals surface area contributed by atoms with E-state index in [2.05, 4.69) is 9.97 Å². The Kier molecular flexibility index (Phi) is 1.73. The van der Waals surface area contributed by atoms with Gasteiger partial charge in [-0.05, 0) is 19.1 Å². The second-order valence-corrected chi connectivity index (χ2v) is 3.57. The summed E-state index contributed by atoms with van der Waals surface area (Å²) in [6.07, 6.45) is 3.52. The second-order valence-electron chi connectivity index (χ2n) is 3.57. The fourth-order valence-electron chi connectivity index (χ4n) is 1.61. The zero-order valence-electron chi connectivity index (χ0n) is 8.71. The highest BCUT2D eigenvalue weighted by Crippen LogP contribution is 2.20. The summed E-state index contributed by atoms with van der Waals surface area (Å²) in [5, 5.41) is 0. The van der Waals surface area contributed by atoms with Gasteiger partial charge in [-0.15, -0.1) is 0 Å². The number of aromatic nitrogens is 3. The molecule has 0 aliphatic heterocycles. The van der Waals surface area contributed by atoms with E-state index in [1.54, 1.807) is 22.9 Å². The van der Waals surface area contributed by atoms with Gasteiger partial charge in [0.25, 0.3) is 0 Å². The predicted octanol–water partition coefficient (Wildman–Crippen LogP) is 1.90. The molecule has 0 aliphatic rings. The van der Waals surface area contributed by atoms with Crippen LogP contribution in [0.25, 0.3) is 17.1 Å². The molecule has 0 saturated carbocycles. The van der Waals surface area contributed by atoms with Crippen LogP contribution in [0.3, 0.4) is 0 Å². The average Bonchev–Trinajstić information content (AvgIpc) is 2.82. The van der Waals surface area contributed by atoms with Crippen LogP contribution >= 0.6 is 0 Å². The van der Waals surface area contributed by atoms with E-state index >= 15 is 0 Å². The number of oxazole rings is 1. The van der Waals surface area contributed by atoms with E-state index < -0.39 is 0 Å². The summed E-state index contributed by atoms with van der Waals surface area (Å²) >= 11 is 0. The number of aryl methyl sites for hydroxylation is 1. The molecule has 2 heterocycles. The Morgan fingerprint density at radius 1 is 1.38 bits per heavy atom. The third-order valence-corrected chi connectivity index (χ3v) is 2.43. The third-order valence-electron chi connectivity index (χ3n) is 2.43. The molecule has 0 fully saturated rings. The summed E-state index contributed by atoms with van der Waals surface area (Å²) in [4.78, 5) is 8.48. The van der Waals surface area contributed by atoms with Gasteiger partial charge in [-0.3, -0.25) is 4.57 Å². The van der Waals surface area contributed by atoms with E-state index in [9.17, 15) is 0 Å². The number of nitrogens with zero attached hydrogens (tertiary/aromatic N) is 3. The number of fused-ring (bicyclic) bond motifs is 1. The number of anilines is 1. The highest BCUT2D eigenvalue weighted by Gasteiger charge is 2.09. The molecule has 0 unspecified atom stereocenters. The van der Waals surface area contributed by atoms with Crippen molar-refractivity contribution in [3.8, 4) is 6.01 Å². The van der Waals surface area contributed by atoms with Gasteiger partial charge in [0.05, 0.1) is 0 Å². The molecule has 2 aromatic heterocycles. The predicted molar refractivity (Wildman–Crippen MR) is 60.3 cm³/mol. The van der Waals surface area contributed by atoms with Gasteiger partial charge >= 0.3 is 6.01 Å². The van der Waals surface area contributed by atoms with Gasteiger partial charge in [-0.25, -0.2) is 4.98 Å². The van der Waals surface area contributed by atoms with Gasteiger partial charge < -0.3 is 10.2 Å². The first-order valence-electron chi connectivity index (χ1n) is 4.90. The lowest BCUT2D eigenvalue weighted by atomic mass is 10.3. The first kappa shape index (κ1) is 8.96. The molecule has 16 heavy (non-hydrogen) atoms. The van der Waals surface area contributed by atoms with Crippen LogP contribution in [0.1, 0.15) is 5.82 Å². The first-order valence-corrected chi connectivity index (χ1v) is 4.90. The topological polar surface area (TPSA) is 69.9 Å². The van der Waals surface area contributed by atoms with Gasteiger partial charge in [0.1, 0.15) is 11.3 Å². The lowest BCUT2D eigenvalue weighted by Gasteiger charge is -1.95. The molecule has 3 rings (SSSR count). The molecule has 2 N–H and O–H groups in total. The summed E-state index contributed by atoms with van der Waals surface area (Å²) in [6.45, 7) is 1.89. The van der Waals surface area contributed by atoms with Crippen molar-refractivity contribution in [1.29, 1.82) is 0 Å². The van der Waals surface area contributed by atoms with Gasteiger partial charge in [-0.2, -0.15) is 4.98 Å². The second kappa shape index (κ2) is 3.10. The molecule has 0 aliphatic carbocycles. The van der Waals surface area contributed by atoms with Crippen molar-refractivity contribution in [1.82, 2.24) is 14.5 Å². The molecule has 80 valence electrons. The van der Waals surface area contributed by atoms with Crippen molar-refractivity contribution in [2.24, 2.45) is 0 Å². The number of nitrogen functional groups attached to an aromatic ring is 1. The fraction of sp³-hybridized carbons (Fsp3) is 0.0909. The average molecular weight is 214 g/mol. The highest BCUT2D eigenvalue weighted by atomic mass is 16.4. The molecular weight excluding hydrogens is 204 g/mol. The van der Waals surface area contributed by atoms with Crippen LogP contribution in [0.2, 0.25) is 0 Å². The summed E-state index contributed by atoms with van der Waals surface area (Å²) in [7, 11) is 0. The lowest BCUT2D eigenvalue weighted by Crippen LogP contribution is -1.94. The minimum atomic E-state index is 0.510. The van der Waals surface area contributed by atoms with E-state index in [1.807, 2.05) is 19.2 Å². The summed E-state index contributed by atoms with van der Waals surface area (Å²) in [5.74, 6) is 0.833. The molecule has 0 radical (unpaired) electrons. The molecule has 0 bridgehead atoms. The molecule has 0 saturated heterocycles. The number of hydrogen-bond acceptors (Lipinski definition) is 4. The van der Waals surface area contributed by atoms with Crippen LogP contribution < -0.4 is 5.73 Å². The smallest absolute Gasteiger partial charge is 0.308 e. The Balaban J connectivity index is 2.23. The zero-order chi connectivity index (χ0) is 11.1. The quantitative estimate of drug-likeness (QED) is 0.628. The van der Waals surface area contributed by atoms with Crippen LogP contribution in [-0.4, -0.2) is 14.5 Å². The summed E-state index contributed by atoms with van der Waals surface area (Å²) < 4.78 is 7.39. The Hall–Kier alpha value is -2.30. The van der Waals surface area contributed by atoms with Crippen molar-refractivity contribution in [2.45, 2.75) is 6.92 Å². The number of imidazole rings is 1. The Morgan fingerprint density at radius 3 is 3.00 bits per heavy atom. The third kappa shape index (κ3) is 1.25. The van der Waals surface area contributed by atoms with Gasteiger partial charge in [0, 0.05) is 24.1 Å². The largest absolute Gasteiger partial charge is 0.423 e. The summed E-state index contributed by atoms with van der Waals surface area (Å²) in [6, 6.07) is 5.91. The SMILES string of the molecule is Cc1nccn1-c1nc2ccc(N)cc2o1. The molecule has 5 nitrogen and oxygen atoms in total. The Labute approximate surface area is 91.5 Å². The molecular formula is C11H10N4O. The minimum Gasteiger partial charge on any atom is -0.423 e. The molecule has 0 atom stereocenters. The first-order chi connectivity index (χ1) is 7.74. The maximum Gasteiger partial charge on any atom is 0.308 e. The minimum absolute atomic E-state index is 0.510. The normalized spacial score (nSPS) is 11.1. The van der Waals surface area contributed by atoms with Crippen LogP contribution in [0.15, 0.2) is 35.0 Å². The van der Waals surface area contributed by atoms with Crippen LogP contribution in [0.4, 0.5) is 5.69 Å². The molecule has 0 spiro atoms. The number of hydrogen-bond donors (Lipinski definition) is 1. The van der Waals surface area contributed by atoms with Gasteiger partial charge in [-0.1, -0.05) is 0 Å². The van der Waals surface area contributed by atoms with Gasteiger partial charge in [0.2, 0.25) is 0 Å². The summed E-state index contributed by atoms with van der Waals surface area (Å²) in [5.41, 5.74) is 7.81. The van der Waals surface area contributed by atoms with E-state index in [1.165, 1.54) is 0 Å². The van der Waals surface area contributed by atoms with Crippen molar-refractivity contribution in [3.63, 3.8) is 0 Å². The van der Waals surface area contributed by atoms with Gasteiger partial charge in [0.15, 0.2) is 5.58 Å². The maximum atomic E-state index is 5.67. The van der Waals surface area contributed by atoms with Crippen molar-refractivity contribution >= 4 is 16.8 Å². The van der Waals surface area contributed by atoms with E-state index in [4.69, 9.17) is 10.2 Å². The Morgan fingerprint density at radius 2 is 2.25 bits per heavy atom. The zero-order valence-corrected chi connectivity index (χ0v) is 8.71. The molecule has 3 aromatic rings. The maximum absolute atomic E-state index is 5.67. The van der Waals surface area contributed by atoms with Crippen molar-refractivity contribution < 1.29 is 4.42 Å².